The minimum atomic E-state index is -3.67. The Morgan fingerprint density at radius 3 is 2.14 bits per heavy atom. The van der Waals surface area contributed by atoms with Gasteiger partial charge >= 0.3 is 0 Å². The number of hydrogen-bond acceptors (Lipinski definition) is 3. The van der Waals surface area contributed by atoms with Gasteiger partial charge in [0.1, 0.15) is 0 Å². The number of halogens is 1. The average Bonchev–Trinajstić information content (AvgIpc) is 2.59. The van der Waals surface area contributed by atoms with Crippen LogP contribution in [0.4, 0.5) is 0 Å². The molecule has 28 heavy (non-hydrogen) atoms. The Labute approximate surface area is 176 Å². The lowest BCUT2D eigenvalue weighted by Gasteiger charge is -2.41. The van der Waals surface area contributed by atoms with Crippen molar-refractivity contribution in [1.82, 2.24) is 10.3 Å². The summed E-state index contributed by atoms with van der Waals surface area (Å²) >= 11 is 3.64. The molecule has 0 atom stereocenters. The number of hydrazine groups is 1. The Bertz CT molecular complexity index is 1050. The summed E-state index contributed by atoms with van der Waals surface area (Å²) in [6.45, 7) is 12.5. The molecule has 0 unspecified atom stereocenters. The maximum atomic E-state index is 12.7. The van der Waals surface area contributed by atoms with Crippen LogP contribution in [0.3, 0.4) is 0 Å². The van der Waals surface area contributed by atoms with E-state index in [4.69, 9.17) is 0 Å². The first-order valence-electron chi connectivity index (χ1n) is 9.23. The molecule has 3 rings (SSSR count). The fourth-order valence-corrected chi connectivity index (χ4v) is 4.79. The molecule has 0 fully saturated rings. The molecule has 150 valence electrons. The Kier molecular flexibility index (Phi) is 5.28. The minimum absolute atomic E-state index is 0.235. The standard InChI is InChI=1S/C22H27BrN2O2S/c1-14-7-9-16(10-8-14)28(26,27)25-24-20-13-21(3,4)17-12-19(23)15(2)11-18(17)22(20,5)6/h7-13,24-25H,1-6H3. The summed E-state index contributed by atoms with van der Waals surface area (Å²) in [6.07, 6.45) is 2.11. The SMILES string of the molecule is Cc1ccc(S(=O)(=O)NNC2=CC(C)(C)c3cc(Br)c(C)cc3C2(C)C)cc1. The van der Waals surface area contributed by atoms with Gasteiger partial charge in [0.15, 0.2) is 0 Å². The van der Waals surface area contributed by atoms with E-state index in [0.29, 0.717) is 0 Å². The van der Waals surface area contributed by atoms with Crippen LogP contribution >= 0.6 is 15.9 Å². The van der Waals surface area contributed by atoms with Crippen molar-refractivity contribution in [2.24, 2.45) is 0 Å². The zero-order valence-corrected chi connectivity index (χ0v) is 19.5. The first-order chi connectivity index (χ1) is 12.8. The van der Waals surface area contributed by atoms with Gasteiger partial charge < -0.3 is 5.43 Å². The number of hydrogen-bond donors (Lipinski definition) is 2. The highest BCUT2D eigenvalue weighted by atomic mass is 79.9. The first-order valence-corrected chi connectivity index (χ1v) is 11.5. The molecular formula is C22H27BrN2O2S. The maximum Gasteiger partial charge on any atom is 0.257 e. The Balaban J connectivity index is 1.95. The van der Waals surface area contributed by atoms with Crippen LogP contribution in [0.5, 0.6) is 0 Å². The molecule has 0 saturated carbocycles. The summed E-state index contributed by atoms with van der Waals surface area (Å²) in [4.78, 5) is 2.79. The van der Waals surface area contributed by atoms with Crippen LogP contribution in [0, 0.1) is 13.8 Å². The van der Waals surface area contributed by atoms with E-state index in [0.717, 1.165) is 21.3 Å². The molecule has 0 spiro atoms. The number of allylic oxidation sites excluding steroid dienone is 2. The number of fused-ring (bicyclic) bond motifs is 1. The Morgan fingerprint density at radius 2 is 1.54 bits per heavy atom. The molecule has 0 aliphatic heterocycles. The molecule has 2 aromatic rings. The smallest absolute Gasteiger partial charge is 0.257 e. The molecule has 1 aliphatic carbocycles. The van der Waals surface area contributed by atoms with E-state index in [9.17, 15) is 8.42 Å². The van der Waals surface area contributed by atoms with Gasteiger partial charge in [-0.15, -0.1) is 4.83 Å². The zero-order chi connectivity index (χ0) is 20.9. The molecule has 0 saturated heterocycles. The van der Waals surface area contributed by atoms with Crippen LogP contribution in [0.25, 0.3) is 0 Å². The van der Waals surface area contributed by atoms with E-state index in [2.05, 4.69) is 79.0 Å². The van der Waals surface area contributed by atoms with Gasteiger partial charge in [0.25, 0.3) is 10.0 Å². The van der Waals surface area contributed by atoms with E-state index in [1.165, 1.54) is 11.1 Å². The molecule has 4 nitrogen and oxygen atoms in total. The highest BCUT2D eigenvalue weighted by Gasteiger charge is 2.39. The summed E-state index contributed by atoms with van der Waals surface area (Å²) in [7, 11) is -3.67. The third kappa shape index (κ3) is 3.78. The van der Waals surface area contributed by atoms with Crippen molar-refractivity contribution in [3.8, 4) is 0 Å². The van der Waals surface area contributed by atoms with Crippen molar-refractivity contribution in [2.45, 2.75) is 57.3 Å². The molecule has 0 aromatic heterocycles. The number of aryl methyl sites for hydroxylation is 2. The number of sulfonamides is 1. The van der Waals surface area contributed by atoms with Gasteiger partial charge in [-0.1, -0.05) is 73.5 Å². The molecule has 0 amide bonds. The fourth-order valence-electron chi connectivity index (χ4n) is 3.59. The van der Waals surface area contributed by atoms with Crippen molar-refractivity contribution in [3.63, 3.8) is 0 Å². The van der Waals surface area contributed by atoms with Crippen molar-refractivity contribution >= 4 is 26.0 Å². The maximum absolute atomic E-state index is 12.7. The largest absolute Gasteiger partial charge is 0.311 e. The topological polar surface area (TPSA) is 58.2 Å². The van der Waals surface area contributed by atoms with Crippen LogP contribution in [0.2, 0.25) is 0 Å². The molecule has 1 aliphatic rings. The van der Waals surface area contributed by atoms with Gasteiger partial charge in [-0.25, -0.2) is 8.42 Å². The minimum Gasteiger partial charge on any atom is -0.311 e. The van der Waals surface area contributed by atoms with Crippen LogP contribution in [-0.4, -0.2) is 8.42 Å². The second-order valence-electron chi connectivity index (χ2n) is 8.60. The lowest BCUT2D eigenvalue weighted by Crippen LogP contribution is -2.45. The number of nitrogens with one attached hydrogen (secondary N) is 2. The van der Waals surface area contributed by atoms with Crippen molar-refractivity contribution in [2.75, 3.05) is 0 Å². The molecule has 0 bridgehead atoms. The van der Waals surface area contributed by atoms with Crippen molar-refractivity contribution < 1.29 is 8.42 Å². The van der Waals surface area contributed by atoms with Crippen LogP contribution in [0.1, 0.15) is 49.9 Å². The van der Waals surface area contributed by atoms with Crippen molar-refractivity contribution in [3.05, 3.63) is 74.9 Å². The summed E-state index contributed by atoms with van der Waals surface area (Å²) in [5, 5.41) is 0. The van der Waals surface area contributed by atoms with Gasteiger partial charge in [-0.3, -0.25) is 0 Å². The Hall–Kier alpha value is -1.63. The van der Waals surface area contributed by atoms with Gasteiger partial charge in [-0.2, -0.15) is 0 Å². The van der Waals surface area contributed by atoms with Gasteiger partial charge in [0.2, 0.25) is 0 Å². The van der Waals surface area contributed by atoms with Gasteiger partial charge in [0.05, 0.1) is 4.90 Å². The molecular weight excluding hydrogens is 436 g/mol. The zero-order valence-electron chi connectivity index (χ0n) is 17.1. The molecule has 2 aromatic carbocycles. The van der Waals surface area contributed by atoms with Crippen LogP contribution in [0.15, 0.2) is 57.5 Å². The molecule has 2 N–H and O–H groups in total. The summed E-state index contributed by atoms with van der Waals surface area (Å²) in [5.74, 6) is 0. The summed E-state index contributed by atoms with van der Waals surface area (Å²) < 4.78 is 26.5. The third-order valence-electron chi connectivity index (χ3n) is 5.50. The quantitative estimate of drug-likeness (QED) is 0.628. The average molecular weight is 463 g/mol. The second-order valence-corrected chi connectivity index (χ2v) is 11.1. The van der Waals surface area contributed by atoms with Crippen LogP contribution < -0.4 is 10.3 Å². The highest BCUT2D eigenvalue weighted by molar-refractivity contribution is 9.10. The number of rotatable bonds is 4. The van der Waals surface area contributed by atoms with Crippen molar-refractivity contribution in [1.29, 1.82) is 0 Å². The van der Waals surface area contributed by atoms with E-state index in [1.807, 2.05) is 6.92 Å². The lowest BCUT2D eigenvalue weighted by atomic mass is 9.66. The predicted molar refractivity (Wildman–Crippen MR) is 118 cm³/mol. The molecule has 0 heterocycles. The van der Waals surface area contributed by atoms with E-state index in [-0.39, 0.29) is 15.7 Å². The molecule has 0 radical (unpaired) electrons. The van der Waals surface area contributed by atoms with Gasteiger partial charge in [-0.05, 0) is 48.7 Å². The molecule has 6 heteroatoms. The van der Waals surface area contributed by atoms with E-state index >= 15 is 0 Å². The van der Waals surface area contributed by atoms with Gasteiger partial charge in [0, 0.05) is 21.0 Å². The third-order valence-corrected chi connectivity index (χ3v) is 7.61. The van der Waals surface area contributed by atoms with E-state index < -0.39 is 10.0 Å². The number of benzene rings is 2. The lowest BCUT2D eigenvalue weighted by molar-refractivity contribution is 0.479. The van der Waals surface area contributed by atoms with Crippen LogP contribution in [-0.2, 0) is 20.9 Å². The normalized spacial score (nSPS) is 17.6. The monoisotopic (exact) mass is 462 g/mol. The summed E-state index contributed by atoms with van der Waals surface area (Å²) in [5.41, 5.74) is 7.84. The van der Waals surface area contributed by atoms with E-state index in [1.54, 1.807) is 24.3 Å². The fraction of sp³-hybridized carbons (Fsp3) is 0.364. The predicted octanol–water partition coefficient (Wildman–Crippen LogP) is 5.00. The Morgan fingerprint density at radius 1 is 0.929 bits per heavy atom. The summed E-state index contributed by atoms with van der Waals surface area (Å²) in [6, 6.07) is 11.2. The first kappa shape index (κ1) is 21.1. The highest BCUT2D eigenvalue weighted by Crippen LogP contribution is 2.45. The second kappa shape index (κ2) is 7.01.